The molecule has 1 atom stereocenters. The Balaban J connectivity index is 3.78. The highest BCUT2D eigenvalue weighted by atomic mass is 16.5. The van der Waals surface area contributed by atoms with Crippen LogP contribution in [-0.2, 0) is 9.53 Å². The molecule has 0 heterocycles. The molecule has 0 aliphatic carbocycles. The lowest BCUT2D eigenvalue weighted by atomic mass is 10.4. The monoisotopic (exact) mass is 243 g/mol. The van der Waals surface area contributed by atoms with Crippen molar-refractivity contribution in [3.63, 3.8) is 0 Å². The van der Waals surface area contributed by atoms with Gasteiger partial charge in [-0.05, 0) is 13.0 Å². The minimum absolute atomic E-state index is 0.170. The van der Waals surface area contributed by atoms with E-state index >= 15 is 0 Å². The van der Waals surface area contributed by atoms with E-state index in [1.54, 1.807) is 28.1 Å². The zero-order valence-electron chi connectivity index (χ0n) is 10.9. The Bertz CT molecular complexity index is 279. The molecule has 0 aromatic carbocycles. The number of hydrogen-bond acceptors (Lipinski definition) is 3. The summed E-state index contributed by atoms with van der Waals surface area (Å²) in [6.07, 6.45) is 0.880. The molecule has 0 rings (SSSR count). The standard InChI is InChI=1S/C11H21N3O3/c1-6-10(15)14(5)9(2)17-8-7-12-11(16)13(3)4/h6,9H,1,7-8H2,2-5H3,(H,12,16)/t9-/m1/s1. The summed E-state index contributed by atoms with van der Waals surface area (Å²) >= 11 is 0. The third-order valence-electron chi connectivity index (χ3n) is 2.21. The lowest BCUT2D eigenvalue weighted by molar-refractivity contribution is -0.136. The SMILES string of the molecule is C=CC(=O)N(C)[C@@H](C)OCCNC(=O)N(C)C. The summed E-state index contributed by atoms with van der Waals surface area (Å²) in [5.41, 5.74) is 0. The number of nitrogens with one attached hydrogen (secondary N) is 1. The smallest absolute Gasteiger partial charge is 0.316 e. The van der Waals surface area contributed by atoms with Crippen molar-refractivity contribution in [2.45, 2.75) is 13.2 Å². The van der Waals surface area contributed by atoms with Crippen LogP contribution in [0.25, 0.3) is 0 Å². The Hall–Kier alpha value is -1.56. The van der Waals surface area contributed by atoms with Gasteiger partial charge in [0.15, 0.2) is 0 Å². The molecule has 0 unspecified atom stereocenters. The van der Waals surface area contributed by atoms with Crippen LogP contribution in [0.4, 0.5) is 4.79 Å². The van der Waals surface area contributed by atoms with Crippen LogP contribution in [-0.4, -0.2) is 62.3 Å². The predicted molar refractivity (Wildman–Crippen MR) is 65.5 cm³/mol. The average molecular weight is 243 g/mol. The van der Waals surface area contributed by atoms with Crippen LogP contribution in [0.2, 0.25) is 0 Å². The largest absolute Gasteiger partial charge is 0.357 e. The summed E-state index contributed by atoms with van der Waals surface area (Å²) in [4.78, 5) is 25.3. The summed E-state index contributed by atoms with van der Waals surface area (Å²) < 4.78 is 5.38. The first-order chi connectivity index (χ1) is 7.90. The van der Waals surface area contributed by atoms with E-state index in [1.807, 2.05) is 0 Å². The summed E-state index contributed by atoms with van der Waals surface area (Å²) in [5, 5.41) is 2.66. The second-order valence-electron chi connectivity index (χ2n) is 3.75. The van der Waals surface area contributed by atoms with Crippen molar-refractivity contribution in [3.8, 4) is 0 Å². The van der Waals surface area contributed by atoms with E-state index in [9.17, 15) is 9.59 Å². The first-order valence-corrected chi connectivity index (χ1v) is 5.36. The Labute approximate surface area is 102 Å². The van der Waals surface area contributed by atoms with E-state index < -0.39 is 0 Å². The molecule has 0 bridgehead atoms. The van der Waals surface area contributed by atoms with Gasteiger partial charge >= 0.3 is 6.03 Å². The van der Waals surface area contributed by atoms with Crippen molar-refractivity contribution in [2.75, 3.05) is 34.3 Å². The van der Waals surface area contributed by atoms with E-state index in [0.717, 1.165) is 0 Å². The second kappa shape index (κ2) is 7.67. The maximum Gasteiger partial charge on any atom is 0.316 e. The van der Waals surface area contributed by atoms with Gasteiger partial charge in [0.2, 0.25) is 5.91 Å². The molecule has 0 fully saturated rings. The minimum atomic E-state index is -0.350. The van der Waals surface area contributed by atoms with Gasteiger partial charge in [0.25, 0.3) is 0 Å². The average Bonchev–Trinajstić information content (AvgIpc) is 2.31. The Kier molecular flexibility index (Phi) is 6.97. The van der Waals surface area contributed by atoms with Crippen molar-refractivity contribution < 1.29 is 14.3 Å². The van der Waals surface area contributed by atoms with Gasteiger partial charge in [-0.2, -0.15) is 0 Å². The highest BCUT2D eigenvalue weighted by Crippen LogP contribution is 1.98. The molecule has 0 saturated heterocycles. The molecule has 0 aromatic heterocycles. The summed E-state index contributed by atoms with van der Waals surface area (Å²) in [6.45, 7) is 5.90. The Morgan fingerprint density at radius 3 is 2.47 bits per heavy atom. The number of hydrogen-bond donors (Lipinski definition) is 1. The number of ether oxygens (including phenoxy) is 1. The normalized spacial score (nSPS) is 11.5. The third-order valence-corrected chi connectivity index (χ3v) is 2.21. The molecule has 6 heteroatoms. The second-order valence-corrected chi connectivity index (χ2v) is 3.75. The molecule has 0 aliphatic rings. The Morgan fingerprint density at radius 2 is 2.00 bits per heavy atom. The zero-order chi connectivity index (χ0) is 13.4. The molecule has 0 aromatic rings. The van der Waals surface area contributed by atoms with Crippen LogP contribution in [0.5, 0.6) is 0 Å². The van der Waals surface area contributed by atoms with Crippen molar-refractivity contribution >= 4 is 11.9 Å². The number of amides is 3. The fourth-order valence-corrected chi connectivity index (χ4v) is 0.981. The van der Waals surface area contributed by atoms with Crippen LogP contribution in [0.1, 0.15) is 6.92 Å². The zero-order valence-corrected chi connectivity index (χ0v) is 10.9. The number of carbonyl (C=O) groups excluding carboxylic acids is 2. The molecular weight excluding hydrogens is 222 g/mol. The Morgan fingerprint density at radius 1 is 1.41 bits per heavy atom. The van der Waals surface area contributed by atoms with Crippen LogP contribution in [0.15, 0.2) is 12.7 Å². The molecule has 98 valence electrons. The molecule has 17 heavy (non-hydrogen) atoms. The van der Waals surface area contributed by atoms with Crippen molar-refractivity contribution in [1.29, 1.82) is 0 Å². The number of rotatable bonds is 6. The quantitative estimate of drug-likeness (QED) is 0.413. The third kappa shape index (κ3) is 5.91. The van der Waals surface area contributed by atoms with Gasteiger partial charge < -0.3 is 19.9 Å². The number of likely N-dealkylation sites (N-methyl/N-ethyl adjacent to an activating group) is 1. The number of nitrogens with zero attached hydrogens (tertiary/aromatic N) is 2. The highest BCUT2D eigenvalue weighted by molar-refractivity contribution is 5.86. The van der Waals surface area contributed by atoms with Gasteiger partial charge in [-0.15, -0.1) is 0 Å². The molecule has 1 N–H and O–H groups in total. The van der Waals surface area contributed by atoms with Crippen molar-refractivity contribution in [3.05, 3.63) is 12.7 Å². The molecule has 0 radical (unpaired) electrons. The van der Waals surface area contributed by atoms with E-state index in [-0.39, 0.29) is 18.2 Å². The van der Waals surface area contributed by atoms with Crippen molar-refractivity contribution in [2.24, 2.45) is 0 Å². The van der Waals surface area contributed by atoms with Crippen molar-refractivity contribution in [1.82, 2.24) is 15.1 Å². The first kappa shape index (κ1) is 15.4. The van der Waals surface area contributed by atoms with Gasteiger partial charge in [-0.25, -0.2) is 4.79 Å². The first-order valence-electron chi connectivity index (χ1n) is 5.36. The highest BCUT2D eigenvalue weighted by Gasteiger charge is 2.12. The summed E-state index contributed by atoms with van der Waals surface area (Å²) in [5.74, 6) is -0.199. The van der Waals surface area contributed by atoms with E-state index in [4.69, 9.17) is 4.74 Å². The fourth-order valence-electron chi connectivity index (χ4n) is 0.981. The lowest BCUT2D eigenvalue weighted by Crippen LogP contribution is -2.39. The summed E-state index contributed by atoms with van der Waals surface area (Å²) in [6, 6.07) is -0.170. The lowest BCUT2D eigenvalue weighted by Gasteiger charge is -2.24. The molecule has 0 saturated carbocycles. The molecular formula is C11H21N3O3. The van der Waals surface area contributed by atoms with Gasteiger partial charge in [0, 0.05) is 27.7 Å². The van der Waals surface area contributed by atoms with Crippen LogP contribution in [0.3, 0.4) is 0 Å². The molecule has 0 spiro atoms. The van der Waals surface area contributed by atoms with E-state index in [0.29, 0.717) is 13.2 Å². The van der Waals surface area contributed by atoms with Gasteiger partial charge in [-0.3, -0.25) is 4.79 Å². The maximum absolute atomic E-state index is 11.2. The van der Waals surface area contributed by atoms with Gasteiger partial charge in [-0.1, -0.05) is 6.58 Å². The van der Waals surface area contributed by atoms with Gasteiger partial charge in [0.05, 0.1) is 6.61 Å². The van der Waals surface area contributed by atoms with E-state index in [1.165, 1.54) is 15.9 Å². The fraction of sp³-hybridized carbons (Fsp3) is 0.636. The van der Waals surface area contributed by atoms with Crippen LogP contribution in [0, 0.1) is 0 Å². The molecule has 6 nitrogen and oxygen atoms in total. The minimum Gasteiger partial charge on any atom is -0.357 e. The van der Waals surface area contributed by atoms with Gasteiger partial charge in [0.1, 0.15) is 6.23 Å². The number of carbonyl (C=O) groups is 2. The summed E-state index contributed by atoms with van der Waals surface area (Å²) in [7, 11) is 4.96. The molecule has 0 aliphatic heterocycles. The molecule has 3 amide bonds. The van der Waals surface area contributed by atoms with Crippen LogP contribution >= 0.6 is 0 Å². The number of urea groups is 1. The maximum atomic E-state index is 11.2. The van der Waals surface area contributed by atoms with E-state index in [2.05, 4.69) is 11.9 Å². The van der Waals surface area contributed by atoms with Crippen LogP contribution < -0.4 is 5.32 Å². The predicted octanol–water partition coefficient (Wildman–Crippen LogP) is 0.265. The topological polar surface area (TPSA) is 61.9 Å².